The minimum atomic E-state index is -3.67. The number of benzene rings is 1. The Hall–Kier alpha value is -2.45. The summed E-state index contributed by atoms with van der Waals surface area (Å²) in [6.45, 7) is 6.36. The third kappa shape index (κ3) is 6.12. The van der Waals surface area contributed by atoms with Crippen molar-refractivity contribution in [1.82, 2.24) is 10.3 Å². The van der Waals surface area contributed by atoms with Crippen LogP contribution in [0.4, 0.5) is 5.82 Å². The molecule has 0 spiro atoms. The molecule has 0 saturated heterocycles. The fourth-order valence-corrected chi connectivity index (χ4v) is 2.78. The molecule has 1 heterocycles. The number of amides is 1. The Morgan fingerprint density at radius 2 is 1.81 bits per heavy atom. The topological polar surface area (TPSA) is 114 Å². The first-order valence-electron chi connectivity index (χ1n) is 8.19. The summed E-state index contributed by atoms with van der Waals surface area (Å²) in [4.78, 5) is 16.5. The van der Waals surface area contributed by atoms with Gasteiger partial charge < -0.3 is 10.6 Å². The summed E-state index contributed by atoms with van der Waals surface area (Å²) in [6, 6.07) is 9.79. The highest BCUT2D eigenvalue weighted by atomic mass is 32.2. The number of nitrogens with zero attached hydrogens (tertiary/aromatic N) is 1. The Labute approximate surface area is 154 Å². The number of carbonyl (C=O) groups excluding carboxylic acids is 1. The Balaban J connectivity index is 1.94. The molecule has 8 heteroatoms. The second-order valence-corrected chi connectivity index (χ2v) is 8.56. The van der Waals surface area contributed by atoms with Crippen LogP contribution in [0.25, 0.3) is 0 Å². The first kappa shape index (κ1) is 19.9. The van der Waals surface area contributed by atoms with Crippen LogP contribution in [-0.4, -0.2) is 31.4 Å². The van der Waals surface area contributed by atoms with E-state index in [1.807, 2.05) is 20.8 Å². The summed E-state index contributed by atoms with van der Waals surface area (Å²) in [5, 5.41) is 11.1. The zero-order valence-electron chi connectivity index (χ0n) is 15.1. The number of aromatic nitrogens is 1. The number of hydrogen-bond donors (Lipinski definition) is 3. The average Bonchev–Trinajstić information content (AvgIpc) is 2.53. The lowest BCUT2D eigenvalue weighted by atomic mass is 10.1. The van der Waals surface area contributed by atoms with E-state index in [9.17, 15) is 13.2 Å². The van der Waals surface area contributed by atoms with Crippen molar-refractivity contribution in [2.45, 2.75) is 37.6 Å². The van der Waals surface area contributed by atoms with E-state index in [1.165, 1.54) is 12.1 Å². The number of sulfonamides is 1. The van der Waals surface area contributed by atoms with Crippen LogP contribution in [0.2, 0.25) is 0 Å². The lowest BCUT2D eigenvalue weighted by Gasteiger charge is -2.20. The van der Waals surface area contributed by atoms with E-state index in [-0.39, 0.29) is 16.3 Å². The zero-order chi connectivity index (χ0) is 19.4. The van der Waals surface area contributed by atoms with Gasteiger partial charge in [0, 0.05) is 23.8 Å². The van der Waals surface area contributed by atoms with Crippen molar-refractivity contribution in [3.8, 4) is 0 Å². The molecule has 140 valence electrons. The van der Waals surface area contributed by atoms with E-state index in [2.05, 4.69) is 15.6 Å². The van der Waals surface area contributed by atoms with Gasteiger partial charge in [-0.25, -0.2) is 18.5 Å². The Morgan fingerprint density at radius 3 is 2.38 bits per heavy atom. The lowest BCUT2D eigenvalue weighted by Crippen LogP contribution is -2.40. The summed E-state index contributed by atoms with van der Waals surface area (Å²) in [7, 11) is -3.67. The van der Waals surface area contributed by atoms with Crippen molar-refractivity contribution in [3.05, 3.63) is 53.7 Å². The number of pyridine rings is 1. The maximum atomic E-state index is 12.2. The van der Waals surface area contributed by atoms with E-state index in [4.69, 9.17) is 5.14 Å². The highest BCUT2D eigenvalue weighted by molar-refractivity contribution is 7.89. The van der Waals surface area contributed by atoms with E-state index >= 15 is 0 Å². The molecule has 2 rings (SSSR count). The van der Waals surface area contributed by atoms with E-state index in [0.29, 0.717) is 24.3 Å². The maximum Gasteiger partial charge on any atom is 0.251 e. The Bertz CT molecular complexity index is 872. The van der Waals surface area contributed by atoms with Gasteiger partial charge in [-0.2, -0.15) is 0 Å². The number of anilines is 1. The average molecular weight is 376 g/mol. The van der Waals surface area contributed by atoms with Gasteiger partial charge in [0.1, 0.15) is 5.82 Å². The van der Waals surface area contributed by atoms with Crippen LogP contribution in [0, 0.1) is 0 Å². The van der Waals surface area contributed by atoms with Crippen LogP contribution in [0.1, 0.15) is 36.7 Å². The van der Waals surface area contributed by atoms with Crippen LogP contribution in [0.3, 0.4) is 0 Å². The second-order valence-electron chi connectivity index (χ2n) is 7.00. The van der Waals surface area contributed by atoms with Gasteiger partial charge in [-0.1, -0.05) is 12.1 Å². The Morgan fingerprint density at radius 1 is 1.15 bits per heavy atom. The van der Waals surface area contributed by atoms with E-state index in [1.54, 1.807) is 30.5 Å². The number of nitrogens with one attached hydrogen (secondary N) is 2. The number of nitrogens with two attached hydrogens (primary N) is 1. The molecule has 0 aliphatic rings. The van der Waals surface area contributed by atoms with E-state index < -0.39 is 10.0 Å². The van der Waals surface area contributed by atoms with Crippen LogP contribution in [0.15, 0.2) is 47.5 Å². The van der Waals surface area contributed by atoms with Crippen LogP contribution >= 0.6 is 0 Å². The van der Waals surface area contributed by atoms with Gasteiger partial charge >= 0.3 is 0 Å². The van der Waals surface area contributed by atoms with Gasteiger partial charge in [0.15, 0.2) is 0 Å². The third-order valence-electron chi connectivity index (χ3n) is 3.48. The van der Waals surface area contributed by atoms with Crippen LogP contribution < -0.4 is 15.8 Å². The normalized spacial score (nSPS) is 11.8. The molecule has 0 fully saturated rings. The zero-order valence-corrected chi connectivity index (χ0v) is 15.9. The first-order chi connectivity index (χ1) is 12.0. The summed E-state index contributed by atoms with van der Waals surface area (Å²) in [5.74, 6) is 0.453. The van der Waals surface area contributed by atoms with Gasteiger partial charge in [-0.3, -0.25) is 4.79 Å². The molecule has 26 heavy (non-hydrogen) atoms. The molecule has 0 unspecified atom stereocenters. The number of carbonyl (C=O) groups is 1. The van der Waals surface area contributed by atoms with Crippen molar-refractivity contribution >= 4 is 21.7 Å². The standard InChI is InChI=1S/C18H24N4O3S/c1-18(2,3)22-17(23)14-9-11-21-16(12-14)20-10-8-13-4-6-15(7-5-13)26(19,24)25/h4-7,9,11-12H,8,10H2,1-3H3,(H,20,21)(H,22,23)(H2,19,24,25). The SMILES string of the molecule is CC(C)(C)NC(=O)c1ccnc(NCCc2ccc(S(N)(=O)=O)cc2)c1. The highest BCUT2D eigenvalue weighted by Crippen LogP contribution is 2.11. The highest BCUT2D eigenvalue weighted by Gasteiger charge is 2.15. The Kier molecular flexibility index (Phi) is 5.99. The molecule has 1 amide bonds. The quantitative estimate of drug-likeness (QED) is 0.712. The molecular formula is C18H24N4O3S. The first-order valence-corrected chi connectivity index (χ1v) is 9.73. The fourth-order valence-electron chi connectivity index (χ4n) is 2.26. The molecule has 0 aliphatic carbocycles. The molecule has 0 saturated carbocycles. The number of rotatable bonds is 6. The molecule has 0 atom stereocenters. The minimum Gasteiger partial charge on any atom is -0.370 e. The molecule has 0 radical (unpaired) electrons. The van der Waals surface area contributed by atoms with Crippen molar-refractivity contribution in [3.63, 3.8) is 0 Å². The molecule has 1 aromatic carbocycles. The van der Waals surface area contributed by atoms with Gasteiger partial charge in [0.25, 0.3) is 5.91 Å². The maximum absolute atomic E-state index is 12.2. The van der Waals surface area contributed by atoms with Crippen molar-refractivity contribution in [2.24, 2.45) is 5.14 Å². The second kappa shape index (κ2) is 7.84. The monoisotopic (exact) mass is 376 g/mol. The molecule has 0 aliphatic heterocycles. The molecule has 0 bridgehead atoms. The third-order valence-corrected chi connectivity index (χ3v) is 4.41. The van der Waals surface area contributed by atoms with Crippen molar-refractivity contribution < 1.29 is 13.2 Å². The van der Waals surface area contributed by atoms with Gasteiger partial charge in [0.2, 0.25) is 10.0 Å². The van der Waals surface area contributed by atoms with Crippen molar-refractivity contribution in [2.75, 3.05) is 11.9 Å². The van der Waals surface area contributed by atoms with Crippen LogP contribution in [0.5, 0.6) is 0 Å². The predicted molar refractivity (Wildman–Crippen MR) is 101 cm³/mol. The van der Waals surface area contributed by atoms with Crippen molar-refractivity contribution in [1.29, 1.82) is 0 Å². The predicted octanol–water partition coefficient (Wildman–Crippen LogP) is 1.91. The molecule has 1 aromatic heterocycles. The minimum absolute atomic E-state index is 0.0911. The molecule has 2 aromatic rings. The molecule has 4 N–H and O–H groups in total. The summed E-state index contributed by atoms with van der Waals surface area (Å²) in [6.07, 6.45) is 2.26. The van der Waals surface area contributed by atoms with E-state index in [0.717, 1.165) is 5.56 Å². The van der Waals surface area contributed by atoms with Gasteiger partial charge in [-0.05, 0) is 57.0 Å². The fraction of sp³-hybridized carbons (Fsp3) is 0.333. The number of primary sulfonamides is 1. The van der Waals surface area contributed by atoms with Crippen LogP contribution in [-0.2, 0) is 16.4 Å². The molecule has 7 nitrogen and oxygen atoms in total. The number of hydrogen-bond acceptors (Lipinski definition) is 5. The summed E-state index contributed by atoms with van der Waals surface area (Å²) in [5.41, 5.74) is 1.19. The summed E-state index contributed by atoms with van der Waals surface area (Å²) >= 11 is 0. The van der Waals surface area contributed by atoms with Gasteiger partial charge in [0.05, 0.1) is 4.90 Å². The molecular weight excluding hydrogens is 352 g/mol. The largest absolute Gasteiger partial charge is 0.370 e. The smallest absolute Gasteiger partial charge is 0.251 e. The lowest BCUT2D eigenvalue weighted by molar-refractivity contribution is 0.0919. The van der Waals surface area contributed by atoms with Gasteiger partial charge in [-0.15, -0.1) is 0 Å². The summed E-state index contributed by atoms with van der Waals surface area (Å²) < 4.78 is 22.5.